The number of nitrogens with zero attached hydrogens (tertiary/aromatic N) is 1. The van der Waals surface area contributed by atoms with Gasteiger partial charge in [0, 0.05) is 25.1 Å². The molecule has 4 nitrogen and oxygen atoms in total. The van der Waals surface area contributed by atoms with Gasteiger partial charge in [0.15, 0.2) is 0 Å². The van der Waals surface area contributed by atoms with Gasteiger partial charge in [-0.3, -0.25) is 4.79 Å². The van der Waals surface area contributed by atoms with Crippen LogP contribution in [0.3, 0.4) is 0 Å². The number of nitrogens with one attached hydrogen (secondary N) is 1. The second kappa shape index (κ2) is 7.03. The number of aryl methyl sites for hydroxylation is 1. The van der Waals surface area contributed by atoms with Gasteiger partial charge in [-0.05, 0) is 36.9 Å². The van der Waals surface area contributed by atoms with E-state index in [1.807, 2.05) is 0 Å². The van der Waals surface area contributed by atoms with E-state index >= 15 is 0 Å². The Hall–Kier alpha value is -0.910. The van der Waals surface area contributed by atoms with E-state index in [1.165, 1.54) is 10.4 Å². The van der Waals surface area contributed by atoms with Crippen molar-refractivity contribution in [2.45, 2.75) is 19.9 Å². The van der Waals surface area contributed by atoms with Crippen LogP contribution in [0.25, 0.3) is 0 Å². The predicted octanol–water partition coefficient (Wildman–Crippen LogP) is 1.64. The summed E-state index contributed by atoms with van der Waals surface area (Å²) >= 11 is 1.70. The van der Waals surface area contributed by atoms with Gasteiger partial charge < -0.3 is 15.0 Å². The molecule has 2 heterocycles. The second-order valence-corrected chi connectivity index (χ2v) is 6.02. The van der Waals surface area contributed by atoms with E-state index in [4.69, 9.17) is 4.74 Å². The van der Waals surface area contributed by atoms with Crippen LogP contribution in [0.15, 0.2) is 11.4 Å². The zero-order chi connectivity index (χ0) is 13.7. The Balaban J connectivity index is 1.74. The Morgan fingerprint density at radius 3 is 3.16 bits per heavy atom. The average molecular weight is 282 g/mol. The lowest BCUT2D eigenvalue weighted by atomic mass is 10.1. The summed E-state index contributed by atoms with van der Waals surface area (Å²) in [5, 5.41) is 5.13. The molecule has 0 spiro atoms. The van der Waals surface area contributed by atoms with Crippen molar-refractivity contribution in [3.8, 4) is 0 Å². The Morgan fingerprint density at radius 1 is 1.63 bits per heavy atom. The van der Waals surface area contributed by atoms with E-state index in [-0.39, 0.29) is 11.8 Å². The van der Waals surface area contributed by atoms with Crippen LogP contribution in [0.5, 0.6) is 0 Å². The number of methoxy groups -OCH3 is 1. The molecule has 1 fully saturated rings. The molecule has 19 heavy (non-hydrogen) atoms. The standard InChI is InChI=1S/C14H22N2O2S/c1-11-4-8-19-13(11)9-15-14(17)12-3-5-16(10-12)6-7-18-2/h4,8,12H,3,5-7,9-10H2,1-2H3,(H,15,17). The summed E-state index contributed by atoms with van der Waals surface area (Å²) in [7, 11) is 1.71. The van der Waals surface area contributed by atoms with E-state index < -0.39 is 0 Å². The minimum absolute atomic E-state index is 0.136. The third-order valence-electron chi connectivity index (χ3n) is 3.65. The summed E-state index contributed by atoms with van der Waals surface area (Å²) in [6.45, 7) is 6.27. The van der Waals surface area contributed by atoms with Gasteiger partial charge in [0.05, 0.1) is 19.1 Å². The maximum absolute atomic E-state index is 12.1. The summed E-state index contributed by atoms with van der Waals surface area (Å²) in [5.41, 5.74) is 1.26. The molecule has 106 valence electrons. The molecular formula is C14H22N2O2S. The van der Waals surface area contributed by atoms with Crippen LogP contribution in [-0.4, -0.2) is 44.2 Å². The number of ether oxygens (including phenoxy) is 1. The van der Waals surface area contributed by atoms with Crippen molar-refractivity contribution < 1.29 is 9.53 Å². The molecule has 1 aromatic rings. The van der Waals surface area contributed by atoms with Crippen molar-refractivity contribution in [3.05, 3.63) is 21.9 Å². The minimum Gasteiger partial charge on any atom is -0.383 e. The minimum atomic E-state index is 0.136. The maximum atomic E-state index is 12.1. The predicted molar refractivity (Wildman–Crippen MR) is 77.3 cm³/mol. The van der Waals surface area contributed by atoms with E-state index in [0.717, 1.165) is 32.7 Å². The van der Waals surface area contributed by atoms with E-state index in [9.17, 15) is 4.79 Å². The number of hydrogen-bond donors (Lipinski definition) is 1. The lowest BCUT2D eigenvalue weighted by Crippen LogP contribution is -2.33. The summed E-state index contributed by atoms with van der Waals surface area (Å²) in [5.74, 6) is 0.324. The molecule has 1 amide bonds. The molecule has 0 saturated carbocycles. The maximum Gasteiger partial charge on any atom is 0.224 e. The lowest BCUT2D eigenvalue weighted by molar-refractivity contribution is -0.124. The van der Waals surface area contributed by atoms with Gasteiger partial charge >= 0.3 is 0 Å². The van der Waals surface area contributed by atoms with Gasteiger partial charge in [-0.1, -0.05) is 0 Å². The van der Waals surface area contributed by atoms with Gasteiger partial charge in [-0.15, -0.1) is 11.3 Å². The first-order valence-corrected chi connectivity index (χ1v) is 7.60. The molecule has 1 atom stereocenters. The highest BCUT2D eigenvalue weighted by Crippen LogP contribution is 2.18. The Labute approximate surface area is 118 Å². The third-order valence-corrected chi connectivity index (χ3v) is 4.67. The van der Waals surface area contributed by atoms with Gasteiger partial charge in [0.2, 0.25) is 5.91 Å². The fourth-order valence-corrected chi connectivity index (χ4v) is 3.21. The number of carbonyl (C=O) groups is 1. The largest absolute Gasteiger partial charge is 0.383 e. The van der Waals surface area contributed by atoms with Crippen LogP contribution in [0.2, 0.25) is 0 Å². The first-order valence-electron chi connectivity index (χ1n) is 6.72. The summed E-state index contributed by atoms with van der Waals surface area (Å²) in [6, 6.07) is 2.09. The van der Waals surface area contributed by atoms with Gasteiger partial charge in [-0.2, -0.15) is 0 Å². The molecule has 1 aliphatic heterocycles. The molecule has 0 bridgehead atoms. The number of amides is 1. The second-order valence-electron chi connectivity index (χ2n) is 5.02. The molecule has 1 N–H and O–H groups in total. The zero-order valence-corrected chi connectivity index (χ0v) is 12.5. The van der Waals surface area contributed by atoms with Crippen molar-refractivity contribution in [2.24, 2.45) is 5.92 Å². The van der Waals surface area contributed by atoms with Gasteiger partial charge in [0.1, 0.15) is 0 Å². The summed E-state index contributed by atoms with van der Waals surface area (Å²) in [6.07, 6.45) is 0.957. The monoisotopic (exact) mass is 282 g/mol. The number of carbonyl (C=O) groups excluding carboxylic acids is 1. The molecule has 5 heteroatoms. The fraction of sp³-hybridized carbons (Fsp3) is 0.643. The molecule has 0 aromatic carbocycles. The zero-order valence-electron chi connectivity index (χ0n) is 11.6. The van der Waals surface area contributed by atoms with Crippen molar-refractivity contribution >= 4 is 17.2 Å². The molecule has 2 rings (SSSR count). The van der Waals surface area contributed by atoms with Crippen LogP contribution in [0.1, 0.15) is 16.9 Å². The van der Waals surface area contributed by atoms with Crippen molar-refractivity contribution in [1.29, 1.82) is 0 Å². The smallest absolute Gasteiger partial charge is 0.224 e. The summed E-state index contributed by atoms with van der Waals surface area (Å²) in [4.78, 5) is 15.7. The molecular weight excluding hydrogens is 260 g/mol. The average Bonchev–Trinajstić information content (AvgIpc) is 3.03. The van der Waals surface area contributed by atoms with Crippen LogP contribution in [0, 0.1) is 12.8 Å². The van der Waals surface area contributed by atoms with Crippen molar-refractivity contribution in [2.75, 3.05) is 33.4 Å². The number of thiophene rings is 1. The van der Waals surface area contributed by atoms with Crippen LogP contribution in [-0.2, 0) is 16.1 Å². The van der Waals surface area contributed by atoms with Crippen molar-refractivity contribution in [1.82, 2.24) is 10.2 Å². The molecule has 1 aliphatic rings. The number of rotatable bonds is 6. The Kier molecular flexibility index (Phi) is 5.36. The van der Waals surface area contributed by atoms with E-state index in [2.05, 4.69) is 28.6 Å². The quantitative estimate of drug-likeness (QED) is 0.862. The number of hydrogen-bond acceptors (Lipinski definition) is 4. The molecule has 1 aromatic heterocycles. The highest BCUT2D eigenvalue weighted by molar-refractivity contribution is 7.10. The lowest BCUT2D eigenvalue weighted by Gasteiger charge is -2.15. The fourth-order valence-electron chi connectivity index (χ4n) is 2.37. The van der Waals surface area contributed by atoms with E-state index in [0.29, 0.717) is 6.54 Å². The highest BCUT2D eigenvalue weighted by atomic mass is 32.1. The Morgan fingerprint density at radius 2 is 2.47 bits per heavy atom. The molecule has 1 saturated heterocycles. The van der Waals surface area contributed by atoms with Crippen molar-refractivity contribution in [3.63, 3.8) is 0 Å². The summed E-state index contributed by atoms with van der Waals surface area (Å²) < 4.78 is 5.07. The first-order chi connectivity index (χ1) is 9.20. The third kappa shape index (κ3) is 4.03. The van der Waals surface area contributed by atoms with Gasteiger partial charge in [0.25, 0.3) is 0 Å². The topological polar surface area (TPSA) is 41.6 Å². The van der Waals surface area contributed by atoms with E-state index in [1.54, 1.807) is 18.4 Å². The molecule has 0 radical (unpaired) electrons. The Bertz CT molecular complexity index is 419. The van der Waals surface area contributed by atoms with Crippen LogP contribution in [0.4, 0.5) is 0 Å². The highest BCUT2D eigenvalue weighted by Gasteiger charge is 2.27. The molecule has 1 unspecified atom stereocenters. The normalized spacial score (nSPS) is 19.8. The first kappa shape index (κ1) is 14.5. The number of likely N-dealkylation sites (tertiary alicyclic amines) is 1. The molecule has 0 aliphatic carbocycles. The van der Waals surface area contributed by atoms with Gasteiger partial charge in [-0.25, -0.2) is 0 Å². The van der Waals surface area contributed by atoms with Crippen LogP contribution >= 0.6 is 11.3 Å². The SMILES string of the molecule is COCCN1CCC(C(=O)NCc2sccc2C)C1. The van der Waals surface area contributed by atoms with Crippen LogP contribution < -0.4 is 5.32 Å².